The number of nitrogens with one attached hydrogen (secondary N) is 1. The van der Waals surface area contributed by atoms with Crippen LogP contribution < -0.4 is 10.1 Å². The van der Waals surface area contributed by atoms with E-state index in [-0.39, 0.29) is 12.1 Å². The van der Waals surface area contributed by atoms with Crippen molar-refractivity contribution in [2.45, 2.75) is 19.0 Å². The summed E-state index contributed by atoms with van der Waals surface area (Å²) in [5.74, 6) is 0.992. The van der Waals surface area contributed by atoms with Crippen LogP contribution in [0.3, 0.4) is 0 Å². The van der Waals surface area contributed by atoms with Crippen LogP contribution in [0.4, 0.5) is 0 Å². The molecule has 2 unspecified atom stereocenters. The van der Waals surface area contributed by atoms with Crippen LogP contribution in [-0.2, 0) is 0 Å². The molecule has 1 aromatic heterocycles. The van der Waals surface area contributed by atoms with Gasteiger partial charge in [-0.1, -0.05) is 30.3 Å². The molecule has 1 aliphatic rings. The van der Waals surface area contributed by atoms with E-state index in [0.29, 0.717) is 6.61 Å². The van der Waals surface area contributed by atoms with Crippen LogP contribution in [0.2, 0.25) is 0 Å². The van der Waals surface area contributed by atoms with E-state index in [4.69, 9.17) is 9.72 Å². The van der Waals surface area contributed by atoms with Gasteiger partial charge in [0.1, 0.15) is 17.4 Å². The molecule has 4 heteroatoms. The number of hydrogen-bond donors (Lipinski definition) is 1. The minimum atomic E-state index is 0.210. The van der Waals surface area contributed by atoms with E-state index in [9.17, 15) is 0 Å². The second kappa shape index (κ2) is 5.13. The molecule has 0 spiro atoms. The van der Waals surface area contributed by atoms with Crippen LogP contribution in [0.1, 0.15) is 29.6 Å². The van der Waals surface area contributed by atoms with E-state index in [1.54, 1.807) is 11.3 Å². The Balaban J connectivity index is 1.57. The zero-order valence-electron chi connectivity index (χ0n) is 11.7. The summed E-state index contributed by atoms with van der Waals surface area (Å²) in [4.78, 5) is 4.73. The Hall–Kier alpha value is -1.91. The van der Waals surface area contributed by atoms with Crippen molar-refractivity contribution in [3.05, 3.63) is 59.1 Å². The predicted octanol–water partition coefficient (Wildman–Crippen LogP) is 4.08. The van der Waals surface area contributed by atoms with Crippen LogP contribution in [0.25, 0.3) is 10.2 Å². The zero-order chi connectivity index (χ0) is 14.2. The molecule has 0 bridgehead atoms. The molecule has 106 valence electrons. The first-order valence-corrected chi connectivity index (χ1v) is 7.96. The minimum absolute atomic E-state index is 0.210. The predicted molar refractivity (Wildman–Crippen MR) is 85.8 cm³/mol. The third-order valence-corrected chi connectivity index (χ3v) is 5.05. The van der Waals surface area contributed by atoms with Gasteiger partial charge in [-0.3, -0.25) is 5.32 Å². The quantitative estimate of drug-likeness (QED) is 0.790. The summed E-state index contributed by atoms with van der Waals surface area (Å²) in [5.41, 5.74) is 2.32. The first kappa shape index (κ1) is 12.8. The maximum absolute atomic E-state index is 5.73. The lowest BCUT2D eigenvalue weighted by Crippen LogP contribution is -2.25. The number of fused-ring (bicyclic) bond motifs is 2. The lowest BCUT2D eigenvalue weighted by Gasteiger charge is -2.16. The standard InChI is InChI=1S/C17H16N2OS/c1-11(17-19-13-7-3-5-9-16(13)21-17)18-14-10-20-15-8-4-2-6-12(14)15/h2-9,11,14,18H,10H2,1H3. The molecular formula is C17H16N2OS. The largest absolute Gasteiger partial charge is 0.491 e. The number of rotatable bonds is 3. The molecule has 0 radical (unpaired) electrons. The van der Waals surface area contributed by atoms with E-state index < -0.39 is 0 Å². The Bertz CT molecular complexity index is 750. The van der Waals surface area contributed by atoms with Crippen LogP contribution in [0.5, 0.6) is 5.75 Å². The number of hydrogen-bond acceptors (Lipinski definition) is 4. The Kier molecular flexibility index (Phi) is 3.13. The lowest BCUT2D eigenvalue weighted by molar-refractivity contribution is 0.301. The van der Waals surface area contributed by atoms with Crippen molar-refractivity contribution in [2.75, 3.05) is 6.61 Å². The third kappa shape index (κ3) is 2.30. The van der Waals surface area contributed by atoms with E-state index in [1.807, 2.05) is 18.2 Å². The molecule has 0 saturated carbocycles. The van der Waals surface area contributed by atoms with Crippen molar-refractivity contribution in [1.82, 2.24) is 10.3 Å². The van der Waals surface area contributed by atoms with Gasteiger partial charge in [0.2, 0.25) is 0 Å². The third-order valence-electron chi connectivity index (χ3n) is 3.83. The summed E-state index contributed by atoms with van der Waals surface area (Å²) < 4.78 is 6.97. The highest BCUT2D eigenvalue weighted by Gasteiger charge is 2.25. The monoisotopic (exact) mass is 296 g/mol. The van der Waals surface area contributed by atoms with Gasteiger partial charge in [-0.25, -0.2) is 4.98 Å². The lowest BCUT2D eigenvalue weighted by atomic mass is 10.1. The molecule has 0 fully saturated rings. The van der Waals surface area contributed by atoms with Crippen molar-refractivity contribution in [3.63, 3.8) is 0 Å². The molecule has 0 amide bonds. The van der Waals surface area contributed by atoms with Gasteiger partial charge >= 0.3 is 0 Å². The number of nitrogens with zero attached hydrogens (tertiary/aromatic N) is 1. The first-order valence-electron chi connectivity index (χ1n) is 7.14. The fourth-order valence-corrected chi connectivity index (χ4v) is 3.73. The van der Waals surface area contributed by atoms with Crippen molar-refractivity contribution in [2.24, 2.45) is 0 Å². The van der Waals surface area contributed by atoms with E-state index in [2.05, 4.69) is 42.6 Å². The van der Waals surface area contributed by atoms with Crippen molar-refractivity contribution >= 4 is 21.6 Å². The highest BCUT2D eigenvalue weighted by atomic mass is 32.1. The van der Waals surface area contributed by atoms with Gasteiger partial charge in [-0.2, -0.15) is 0 Å². The van der Waals surface area contributed by atoms with Gasteiger partial charge in [0.15, 0.2) is 0 Å². The topological polar surface area (TPSA) is 34.1 Å². The van der Waals surface area contributed by atoms with Crippen molar-refractivity contribution in [1.29, 1.82) is 0 Å². The number of thiazole rings is 1. The number of para-hydroxylation sites is 2. The van der Waals surface area contributed by atoms with Gasteiger partial charge in [0.25, 0.3) is 0 Å². The molecular weight excluding hydrogens is 280 g/mol. The van der Waals surface area contributed by atoms with Gasteiger partial charge < -0.3 is 4.74 Å². The zero-order valence-corrected chi connectivity index (χ0v) is 12.6. The number of aromatic nitrogens is 1. The molecule has 4 rings (SSSR count). The fourth-order valence-electron chi connectivity index (χ4n) is 2.75. The van der Waals surface area contributed by atoms with Gasteiger partial charge in [0, 0.05) is 5.56 Å². The molecule has 21 heavy (non-hydrogen) atoms. The molecule has 1 N–H and O–H groups in total. The maximum Gasteiger partial charge on any atom is 0.124 e. The summed E-state index contributed by atoms with van der Waals surface area (Å²) in [6, 6.07) is 17.0. The molecule has 2 aromatic carbocycles. The summed E-state index contributed by atoms with van der Waals surface area (Å²) in [7, 11) is 0. The van der Waals surface area contributed by atoms with Gasteiger partial charge in [-0.15, -0.1) is 11.3 Å². The van der Waals surface area contributed by atoms with Crippen LogP contribution in [0.15, 0.2) is 48.5 Å². The molecule has 0 saturated heterocycles. The van der Waals surface area contributed by atoms with Crippen molar-refractivity contribution < 1.29 is 4.74 Å². The highest BCUT2D eigenvalue weighted by Crippen LogP contribution is 2.34. The smallest absolute Gasteiger partial charge is 0.124 e. The van der Waals surface area contributed by atoms with Crippen molar-refractivity contribution in [3.8, 4) is 5.75 Å². The second-order valence-electron chi connectivity index (χ2n) is 5.31. The van der Waals surface area contributed by atoms with E-state index >= 15 is 0 Å². The van der Waals surface area contributed by atoms with Crippen LogP contribution >= 0.6 is 11.3 Å². The minimum Gasteiger partial charge on any atom is -0.491 e. The summed E-state index contributed by atoms with van der Waals surface area (Å²) in [6.07, 6.45) is 0. The Morgan fingerprint density at radius 3 is 2.90 bits per heavy atom. The van der Waals surface area contributed by atoms with Crippen LogP contribution in [0, 0.1) is 0 Å². The number of ether oxygens (including phenoxy) is 1. The van der Waals surface area contributed by atoms with Gasteiger partial charge in [-0.05, 0) is 25.1 Å². The molecule has 0 aliphatic carbocycles. The second-order valence-corrected chi connectivity index (χ2v) is 6.37. The maximum atomic E-state index is 5.73. The number of benzene rings is 2. The van der Waals surface area contributed by atoms with E-state index in [1.165, 1.54) is 10.3 Å². The Morgan fingerprint density at radius 1 is 1.19 bits per heavy atom. The molecule has 1 aliphatic heterocycles. The van der Waals surface area contributed by atoms with Gasteiger partial charge in [0.05, 0.1) is 22.3 Å². The summed E-state index contributed by atoms with van der Waals surface area (Å²) in [5, 5.41) is 4.76. The fraction of sp³-hybridized carbons (Fsp3) is 0.235. The SMILES string of the molecule is CC(NC1COc2ccccc21)c1nc2ccccc2s1. The molecule has 3 aromatic rings. The normalized spacial score (nSPS) is 18.4. The molecule has 2 heterocycles. The molecule has 2 atom stereocenters. The molecule has 3 nitrogen and oxygen atoms in total. The summed E-state index contributed by atoms with van der Waals surface area (Å²) in [6.45, 7) is 2.85. The average Bonchev–Trinajstić information content (AvgIpc) is 3.11. The average molecular weight is 296 g/mol. The Labute approximate surface area is 127 Å². The summed E-state index contributed by atoms with van der Waals surface area (Å²) >= 11 is 1.76. The van der Waals surface area contributed by atoms with Crippen LogP contribution in [-0.4, -0.2) is 11.6 Å². The highest BCUT2D eigenvalue weighted by molar-refractivity contribution is 7.18. The Morgan fingerprint density at radius 2 is 2.00 bits per heavy atom. The van der Waals surface area contributed by atoms with E-state index in [0.717, 1.165) is 16.3 Å². The first-order chi connectivity index (χ1) is 10.3.